The third kappa shape index (κ3) is 5.74. The molecule has 0 atom stereocenters. The zero-order valence-corrected chi connectivity index (χ0v) is 14.5. The molecule has 2 rings (SSSR count). The van der Waals surface area contributed by atoms with Crippen LogP contribution >= 0.6 is 0 Å². The highest BCUT2D eigenvalue weighted by atomic mass is 16.5. The molecule has 2 aromatic rings. The summed E-state index contributed by atoms with van der Waals surface area (Å²) < 4.78 is 30.9. The number of hydrogen-bond donors (Lipinski definition) is 2. The minimum absolute atomic E-state index is 0.0250. The van der Waals surface area contributed by atoms with Crippen molar-refractivity contribution in [2.24, 2.45) is 0 Å². The summed E-state index contributed by atoms with van der Waals surface area (Å²) in [6, 6.07) is 8.54. The lowest BCUT2D eigenvalue weighted by Gasteiger charge is -2.03. The molecule has 0 radical (unpaired) electrons. The lowest BCUT2D eigenvalue weighted by Crippen LogP contribution is -2.01. The zero-order chi connectivity index (χ0) is 22.3. The number of phenolic OH excluding ortho intramolecular Hbond substituents is 2. The van der Waals surface area contributed by atoms with Gasteiger partial charge in [0.15, 0.2) is 34.6 Å². The maximum absolute atomic E-state index is 12.0. The SMILES string of the molecule is [2H]C([2H])([2H])Oc1cc(C=CC(=O)CC(=O)C=Cc2ccc(O)c(OC)c2)ccc1O. The number of benzene rings is 2. The Bertz CT molecular complexity index is 993. The molecule has 0 saturated carbocycles. The van der Waals surface area contributed by atoms with Crippen molar-refractivity contribution >= 4 is 23.7 Å². The van der Waals surface area contributed by atoms with Crippen LogP contribution in [0.3, 0.4) is 0 Å². The van der Waals surface area contributed by atoms with Crippen molar-refractivity contribution in [3.8, 4) is 23.0 Å². The van der Waals surface area contributed by atoms with Crippen molar-refractivity contribution in [1.29, 1.82) is 0 Å². The molecule has 0 aromatic heterocycles. The number of methoxy groups -OCH3 is 2. The fraction of sp³-hybridized carbons (Fsp3) is 0.143. The van der Waals surface area contributed by atoms with Crippen LogP contribution in [0.1, 0.15) is 21.7 Å². The monoisotopic (exact) mass is 371 g/mol. The molecule has 0 aliphatic carbocycles. The van der Waals surface area contributed by atoms with Crippen LogP contribution in [0.15, 0.2) is 48.6 Å². The van der Waals surface area contributed by atoms with E-state index in [1.54, 1.807) is 12.1 Å². The molecular weight excluding hydrogens is 348 g/mol. The van der Waals surface area contributed by atoms with Crippen molar-refractivity contribution in [1.82, 2.24) is 0 Å². The van der Waals surface area contributed by atoms with E-state index in [-0.39, 0.29) is 29.4 Å². The summed E-state index contributed by atoms with van der Waals surface area (Å²) in [7, 11) is -1.32. The molecule has 0 saturated heterocycles. The Hall–Kier alpha value is -3.54. The van der Waals surface area contributed by atoms with Gasteiger partial charge in [0.05, 0.1) is 24.7 Å². The highest BCUT2D eigenvalue weighted by molar-refractivity contribution is 6.10. The van der Waals surface area contributed by atoms with E-state index >= 15 is 0 Å². The average Bonchev–Trinajstić information content (AvgIpc) is 2.67. The summed E-state index contributed by atoms with van der Waals surface area (Å²) in [6.45, 7) is 0. The first kappa shape index (κ1) is 15.7. The summed E-state index contributed by atoms with van der Waals surface area (Å²) in [6.07, 6.45) is 4.95. The van der Waals surface area contributed by atoms with Crippen LogP contribution in [-0.2, 0) is 9.59 Å². The normalized spacial score (nSPS) is 13.1. The minimum Gasteiger partial charge on any atom is -0.504 e. The number of carbonyl (C=O) groups is 2. The molecule has 2 aromatic carbocycles. The summed E-state index contributed by atoms with van der Waals surface area (Å²) in [5.74, 6) is -1.23. The topological polar surface area (TPSA) is 93.1 Å². The fourth-order valence-corrected chi connectivity index (χ4v) is 2.18. The van der Waals surface area contributed by atoms with Crippen molar-refractivity contribution in [3.05, 3.63) is 59.7 Å². The van der Waals surface area contributed by atoms with Gasteiger partial charge < -0.3 is 19.7 Å². The van der Waals surface area contributed by atoms with Gasteiger partial charge in [-0.3, -0.25) is 9.59 Å². The molecule has 27 heavy (non-hydrogen) atoms. The number of carbonyl (C=O) groups excluding carboxylic acids is 2. The number of rotatable bonds is 8. The van der Waals surface area contributed by atoms with Crippen molar-refractivity contribution < 1.29 is 33.4 Å². The Morgan fingerprint density at radius 2 is 1.41 bits per heavy atom. The molecular formula is C21H20O6. The van der Waals surface area contributed by atoms with E-state index in [4.69, 9.17) is 8.85 Å². The third-order valence-corrected chi connectivity index (χ3v) is 3.57. The van der Waals surface area contributed by atoms with E-state index in [1.807, 2.05) is 0 Å². The van der Waals surface area contributed by atoms with Crippen LogP contribution in [0.4, 0.5) is 0 Å². The molecule has 6 nitrogen and oxygen atoms in total. The number of hydrogen-bond acceptors (Lipinski definition) is 6. The van der Waals surface area contributed by atoms with Gasteiger partial charge in [0.25, 0.3) is 0 Å². The second-order valence-electron chi connectivity index (χ2n) is 5.54. The molecule has 2 N–H and O–H groups in total. The maximum Gasteiger partial charge on any atom is 0.163 e. The number of ketones is 2. The molecule has 6 heteroatoms. The molecule has 0 bridgehead atoms. The number of aromatic hydroxyl groups is 2. The van der Waals surface area contributed by atoms with E-state index in [1.165, 1.54) is 55.7 Å². The second kappa shape index (κ2) is 9.24. The molecule has 0 fully saturated rings. The van der Waals surface area contributed by atoms with E-state index in [9.17, 15) is 19.8 Å². The first-order valence-corrected chi connectivity index (χ1v) is 7.88. The van der Waals surface area contributed by atoms with Gasteiger partial charge in [0.2, 0.25) is 0 Å². The molecule has 0 aliphatic heterocycles. The highest BCUT2D eigenvalue weighted by Crippen LogP contribution is 2.27. The van der Waals surface area contributed by atoms with Gasteiger partial charge in [0.1, 0.15) is 0 Å². The summed E-state index contributed by atoms with van der Waals surface area (Å²) in [5, 5.41) is 19.2. The quantitative estimate of drug-likeness (QED) is 0.546. The number of phenols is 2. The van der Waals surface area contributed by atoms with Crippen molar-refractivity contribution in [2.45, 2.75) is 6.42 Å². The van der Waals surface area contributed by atoms with Gasteiger partial charge in [-0.25, -0.2) is 0 Å². The van der Waals surface area contributed by atoms with Crippen LogP contribution in [0.5, 0.6) is 23.0 Å². The van der Waals surface area contributed by atoms with E-state index < -0.39 is 18.6 Å². The first-order chi connectivity index (χ1) is 14.1. The largest absolute Gasteiger partial charge is 0.504 e. The Labute approximate surface area is 161 Å². The van der Waals surface area contributed by atoms with E-state index in [0.29, 0.717) is 11.1 Å². The van der Waals surface area contributed by atoms with Crippen molar-refractivity contribution in [2.75, 3.05) is 14.1 Å². The fourth-order valence-electron chi connectivity index (χ4n) is 2.18. The van der Waals surface area contributed by atoms with Gasteiger partial charge in [-0.1, -0.05) is 24.3 Å². The van der Waals surface area contributed by atoms with Crippen LogP contribution in [-0.4, -0.2) is 35.9 Å². The molecule has 0 unspecified atom stereocenters. The predicted molar refractivity (Wildman–Crippen MR) is 102 cm³/mol. The molecule has 0 spiro atoms. The number of ether oxygens (including phenoxy) is 2. The Kier molecular flexibility index (Phi) is 5.37. The van der Waals surface area contributed by atoms with Crippen molar-refractivity contribution in [3.63, 3.8) is 0 Å². The van der Waals surface area contributed by atoms with Gasteiger partial charge in [-0.15, -0.1) is 0 Å². The summed E-state index contributed by atoms with van der Waals surface area (Å²) in [4.78, 5) is 24.0. The van der Waals surface area contributed by atoms with Gasteiger partial charge >= 0.3 is 0 Å². The highest BCUT2D eigenvalue weighted by Gasteiger charge is 2.06. The van der Waals surface area contributed by atoms with Gasteiger partial charge in [-0.2, -0.15) is 0 Å². The Morgan fingerprint density at radius 3 is 1.85 bits per heavy atom. The molecule has 0 heterocycles. The van der Waals surface area contributed by atoms with Crippen LogP contribution in [0.2, 0.25) is 0 Å². The zero-order valence-electron chi connectivity index (χ0n) is 17.5. The predicted octanol–water partition coefficient (Wildman–Crippen LogP) is 3.37. The van der Waals surface area contributed by atoms with E-state index in [0.717, 1.165) is 0 Å². The molecule has 140 valence electrons. The first-order valence-electron chi connectivity index (χ1n) is 9.38. The standard InChI is InChI=1S/C21H20O6/c1-26-20-11-14(5-9-18(20)24)3-7-16(22)13-17(23)8-4-15-6-10-19(25)21(12-15)27-2/h3-12,24-25H,13H2,1-2H3/i1D3. The second-order valence-corrected chi connectivity index (χ2v) is 5.54. The lowest BCUT2D eigenvalue weighted by atomic mass is 10.1. The van der Waals surface area contributed by atoms with E-state index in [2.05, 4.69) is 4.74 Å². The lowest BCUT2D eigenvalue weighted by molar-refractivity contribution is -0.121. The van der Waals surface area contributed by atoms with Crippen LogP contribution < -0.4 is 9.47 Å². The summed E-state index contributed by atoms with van der Waals surface area (Å²) >= 11 is 0. The maximum atomic E-state index is 12.0. The van der Waals surface area contributed by atoms with Gasteiger partial charge in [0, 0.05) is 0 Å². The smallest absolute Gasteiger partial charge is 0.163 e. The number of allylic oxidation sites excluding steroid dienone is 2. The summed E-state index contributed by atoms with van der Waals surface area (Å²) in [5.41, 5.74) is 1.03. The minimum atomic E-state index is -2.73. The van der Waals surface area contributed by atoms with Crippen LogP contribution in [0, 0.1) is 0 Å². The molecule has 0 amide bonds. The molecule has 0 aliphatic rings. The Balaban J connectivity index is 1.99. The van der Waals surface area contributed by atoms with Gasteiger partial charge in [-0.05, 0) is 47.5 Å². The van der Waals surface area contributed by atoms with Crippen LogP contribution in [0.25, 0.3) is 12.2 Å². The average molecular weight is 371 g/mol. The Morgan fingerprint density at radius 1 is 0.926 bits per heavy atom. The third-order valence-electron chi connectivity index (χ3n) is 3.57.